The molecular formula is C19H31N3O2. The number of amides is 2. The van der Waals surface area contributed by atoms with Gasteiger partial charge in [0.2, 0.25) is 0 Å². The van der Waals surface area contributed by atoms with Gasteiger partial charge >= 0.3 is 6.03 Å². The number of rotatable bonds is 3. The molecule has 5 heteroatoms. The molecule has 1 atom stereocenters. The molecule has 2 aliphatic heterocycles. The lowest BCUT2D eigenvalue weighted by molar-refractivity contribution is -0.0916. The number of hydrogen-bond acceptors (Lipinski definition) is 3. The maximum absolute atomic E-state index is 12.8. The minimum Gasteiger partial charge on any atom is -0.371 e. The summed E-state index contributed by atoms with van der Waals surface area (Å²) in [6.07, 6.45) is 16.4. The zero-order valence-corrected chi connectivity index (χ0v) is 14.7. The van der Waals surface area contributed by atoms with E-state index in [-0.39, 0.29) is 12.1 Å². The fraction of sp³-hybridized carbons (Fsp3) is 0.895. The van der Waals surface area contributed by atoms with E-state index in [9.17, 15) is 4.79 Å². The third-order valence-electron chi connectivity index (χ3n) is 6.31. The lowest BCUT2D eigenvalue weighted by Crippen LogP contribution is -2.59. The number of hydrazone groups is 1. The van der Waals surface area contributed by atoms with E-state index < -0.39 is 0 Å². The van der Waals surface area contributed by atoms with E-state index in [1.165, 1.54) is 64.2 Å². The molecule has 0 unspecified atom stereocenters. The van der Waals surface area contributed by atoms with E-state index >= 15 is 0 Å². The number of carbonyl (C=O) groups excluding carboxylic acids is 1. The standard InChI is InChI=1S/C19H31N3O2/c23-19(21-13-17(14-21)24-16-9-5-2-6-10-16)22-18(11-12-20-22)15-7-3-1-4-8-15/h12,15-18H,1-11,13-14H2/t18-/m0/s1. The summed E-state index contributed by atoms with van der Waals surface area (Å²) >= 11 is 0. The van der Waals surface area contributed by atoms with Gasteiger partial charge in [0.15, 0.2) is 0 Å². The Hall–Kier alpha value is -1.10. The van der Waals surface area contributed by atoms with Gasteiger partial charge in [0.05, 0.1) is 31.3 Å². The molecule has 0 spiro atoms. The molecule has 2 aliphatic carbocycles. The van der Waals surface area contributed by atoms with Crippen molar-refractivity contribution in [3.8, 4) is 0 Å². The molecule has 0 N–H and O–H groups in total. The van der Waals surface area contributed by atoms with Crippen LogP contribution in [0.5, 0.6) is 0 Å². The maximum Gasteiger partial charge on any atom is 0.340 e. The number of carbonyl (C=O) groups is 1. The zero-order chi connectivity index (χ0) is 16.4. The Morgan fingerprint density at radius 2 is 1.58 bits per heavy atom. The first-order chi connectivity index (χ1) is 11.8. The predicted octanol–water partition coefficient (Wildman–Crippen LogP) is 3.78. The molecule has 4 aliphatic rings. The minimum absolute atomic E-state index is 0.0998. The van der Waals surface area contributed by atoms with Crippen LogP contribution in [0.2, 0.25) is 0 Å². The molecule has 0 aromatic carbocycles. The van der Waals surface area contributed by atoms with Crippen LogP contribution in [0.1, 0.15) is 70.6 Å². The molecule has 4 rings (SSSR count). The van der Waals surface area contributed by atoms with Crippen molar-refractivity contribution >= 4 is 12.2 Å². The van der Waals surface area contributed by atoms with Gasteiger partial charge in [0.1, 0.15) is 0 Å². The molecular weight excluding hydrogens is 302 g/mol. The van der Waals surface area contributed by atoms with E-state index in [1.807, 2.05) is 11.1 Å². The van der Waals surface area contributed by atoms with Crippen LogP contribution in [-0.2, 0) is 4.74 Å². The summed E-state index contributed by atoms with van der Waals surface area (Å²) in [7, 11) is 0. The van der Waals surface area contributed by atoms with Crippen LogP contribution in [0.4, 0.5) is 4.79 Å². The number of likely N-dealkylation sites (tertiary alicyclic amines) is 1. The first-order valence-electron chi connectivity index (χ1n) is 10.1. The number of ether oxygens (including phenoxy) is 1. The van der Waals surface area contributed by atoms with Crippen molar-refractivity contribution < 1.29 is 9.53 Å². The van der Waals surface area contributed by atoms with Gasteiger partial charge in [-0.05, 0) is 31.6 Å². The Labute approximate surface area is 145 Å². The highest BCUT2D eigenvalue weighted by Crippen LogP contribution is 2.33. The van der Waals surface area contributed by atoms with E-state index in [0.717, 1.165) is 19.5 Å². The first kappa shape index (κ1) is 16.4. The second-order valence-corrected chi connectivity index (χ2v) is 8.05. The van der Waals surface area contributed by atoms with Crippen LogP contribution in [-0.4, -0.2) is 53.5 Å². The van der Waals surface area contributed by atoms with Gasteiger partial charge in [-0.25, -0.2) is 9.80 Å². The number of urea groups is 1. The lowest BCUT2D eigenvalue weighted by atomic mass is 9.83. The quantitative estimate of drug-likeness (QED) is 0.789. The Balaban J connectivity index is 1.26. The summed E-state index contributed by atoms with van der Waals surface area (Å²) in [5.41, 5.74) is 0. The van der Waals surface area contributed by atoms with Crippen LogP contribution in [0.3, 0.4) is 0 Å². The molecule has 0 aromatic heterocycles. The van der Waals surface area contributed by atoms with Gasteiger partial charge in [-0.1, -0.05) is 38.5 Å². The van der Waals surface area contributed by atoms with Crippen molar-refractivity contribution in [3.05, 3.63) is 0 Å². The van der Waals surface area contributed by atoms with E-state index in [4.69, 9.17) is 4.74 Å². The normalized spacial score (nSPS) is 29.9. The van der Waals surface area contributed by atoms with Crippen molar-refractivity contribution in [2.45, 2.75) is 88.9 Å². The summed E-state index contributed by atoms with van der Waals surface area (Å²) in [5, 5.41) is 6.20. The molecule has 0 bridgehead atoms. The minimum atomic E-state index is 0.0998. The van der Waals surface area contributed by atoms with Crippen molar-refractivity contribution in [1.82, 2.24) is 9.91 Å². The predicted molar refractivity (Wildman–Crippen MR) is 94.0 cm³/mol. The van der Waals surface area contributed by atoms with Crippen molar-refractivity contribution in [2.75, 3.05) is 13.1 Å². The summed E-state index contributed by atoms with van der Waals surface area (Å²) < 4.78 is 6.16. The average Bonchev–Trinajstić information content (AvgIpc) is 3.09. The molecule has 3 fully saturated rings. The van der Waals surface area contributed by atoms with Crippen LogP contribution < -0.4 is 0 Å². The van der Waals surface area contributed by atoms with Crippen LogP contribution in [0.15, 0.2) is 5.10 Å². The van der Waals surface area contributed by atoms with Gasteiger partial charge in [0.25, 0.3) is 0 Å². The Morgan fingerprint density at radius 1 is 0.917 bits per heavy atom. The van der Waals surface area contributed by atoms with E-state index in [2.05, 4.69) is 5.10 Å². The fourth-order valence-corrected chi connectivity index (χ4v) is 4.83. The molecule has 0 radical (unpaired) electrons. The molecule has 5 nitrogen and oxygen atoms in total. The second-order valence-electron chi connectivity index (χ2n) is 8.05. The first-order valence-corrected chi connectivity index (χ1v) is 10.1. The highest BCUT2D eigenvalue weighted by molar-refractivity contribution is 5.79. The maximum atomic E-state index is 12.8. The average molecular weight is 333 g/mol. The highest BCUT2D eigenvalue weighted by Gasteiger charge is 2.41. The smallest absolute Gasteiger partial charge is 0.340 e. The van der Waals surface area contributed by atoms with Crippen molar-refractivity contribution in [1.29, 1.82) is 0 Å². The summed E-state index contributed by atoms with van der Waals surface area (Å²) in [6, 6.07) is 0.402. The molecule has 2 amide bonds. The topological polar surface area (TPSA) is 45.1 Å². The molecule has 1 saturated heterocycles. The summed E-state index contributed by atoms with van der Waals surface area (Å²) in [5.74, 6) is 0.640. The molecule has 2 heterocycles. The summed E-state index contributed by atoms with van der Waals surface area (Å²) in [6.45, 7) is 1.50. The molecule has 0 aromatic rings. The van der Waals surface area contributed by atoms with Gasteiger partial charge in [-0.2, -0.15) is 5.10 Å². The Morgan fingerprint density at radius 3 is 2.29 bits per heavy atom. The van der Waals surface area contributed by atoms with Gasteiger partial charge < -0.3 is 9.64 Å². The third kappa shape index (κ3) is 3.46. The lowest BCUT2D eigenvalue weighted by Gasteiger charge is -2.43. The number of hydrogen-bond donors (Lipinski definition) is 0. The molecule has 134 valence electrons. The van der Waals surface area contributed by atoms with Crippen molar-refractivity contribution in [3.63, 3.8) is 0 Å². The van der Waals surface area contributed by atoms with Gasteiger partial charge in [-0.15, -0.1) is 0 Å². The molecule has 2 saturated carbocycles. The largest absolute Gasteiger partial charge is 0.371 e. The molecule has 24 heavy (non-hydrogen) atoms. The SMILES string of the molecule is O=C(N1CC(OC2CCCCC2)C1)N1N=CC[C@H]1C1CCCCC1. The van der Waals surface area contributed by atoms with Crippen LogP contribution in [0.25, 0.3) is 0 Å². The monoisotopic (exact) mass is 333 g/mol. The third-order valence-corrected chi connectivity index (χ3v) is 6.31. The Bertz CT molecular complexity index is 463. The second kappa shape index (κ2) is 7.42. The van der Waals surface area contributed by atoms with Crippen LogP contribution >= 0.6 is 0 Å². The zero-order valence-electron chi connectivity index (χ0n) is 14.7. The Kier molecular flexibility index (Phi) is 5.06. The fourth-order valence-electron chi connectivity index (χ4n) is 4.83. The van der Waals surface area contributed by atoms with E-state index in [0.29, 0.717) is 18.1 Å². The van der Waals surface area contributed by atoms with E-state index in [1.54, 1.807) is 5.01 Å². The van der Waals surface area contributed by atoms with Gasteiger partial charge in [0, 0.05) is 12.6 Å². The van der Waals surface area contributed by atoms with Crippen LogP contribution in [0, 0.1) is 5.92 Å². The summed E-state index contributed by atoms with van der Waals surface area (Å²) in [4.78, 5) is 14.7. The highest BCUT2D eigenvalue weighted by atomic mass is 16.5. The van der Waals surface area contributed by atoms with Crippen molar-refractivity contribution in [2.24, 2.45) is 11.0 Å². The van der Waals surface area contributed by atoms with Gasteiger partial charge in [-0.3, -0.25) is 0 Å². The number of nitrogens with zero attached hydrogens (tertiary/aromatic N) is 3.